The molecule has 1 heterocycles. The van der Waals surface area contributed by atoms with E-state index in [1.807, 2.05) is 7.05 Å². The topological polar surface area (TPSA) is 25.0 Å². The number of hydrogen-bond acceptors (Lipinski definition) is 5. The van der Waals surface area contributed by atoms with Crippen LogP contribution in [0.1, 0.15) is 6.42 Å². The Morgan fingerprint density at radius 2 is 1.10 bits per heavy atom. The number of likely N-dealkylation sites (N-methyl/N-ethyl adjacent to an activating group) is 3. The van der Waals surface area contributed by atoms with E-state index in [4.69, 9.17) is 0 Å². The van der Waals surface area contributed by atoms with Crippen molar-refractivity contribution in [2.75, 3.05) is 93.6 Å². The van der Waals surface area contributed by atoms with E-state index in [0.717, 1.165) is 6.54 Å². The molecule has 1 saturated heterocycles. The first-order chi connectivity index (χ1) is 9.61. The van der Waals surface area contributed by atoms with Crippen molar-refractivity contribution in [3.05, 3.63) is 0 Å². The summed E-state index contributed by atoms with van der Waals surface area (Å²) in [4.78, 5) is 9.99. The van der Waals surface area contributed by atoms with Crippen LogP contribution >= 0.6 is 0 Å². The monoisotopic (exact) mass is 285 g/mol. The molecule has 0 saturated carbocycles. The van der Waals surface area contributed by atoms with Gasteiger partial charge in [-0.05, 0) is 47.7 Å². The van der Waals surface area contributed by atoms with Crippen molar-refractivity contribution >= 4 is 0 Å². The van der Waals surface area contributed by atoms with Gasteiger partial charge in [0.2, 0.25) is 0 Å². The maximum absolute atomic E-state index is 3.25. The summed E-state index contributed by atoms with van der Waals surface area (Å²) in [6, 6.07) is 0. The zero-order chi connectivity index (χ0) is 14.8. The standard InChI is InChI=1S/C15H35N5/c1-16-6-5-7-20-14-12-18(3)10-8-17(2)9-11-19(4)13-15-20/h16H,5-15H2,1-4H3. The molecule has 1 fully saturated rings. The van der Waals surface area contributed by atoms with E-state index in [2.05, 4.69) is 46.1 Å². The SMILES string of the molecule is CNCCCN1CCN(C)CCN(C)CCN(C)CC1. The summed E-state index contributed by atoms with van der Waals surface area (Å²) in [5, 5.41) is 3.25. The van der Waals surface area contributed by atoms with Gasteiger partial charge < -0.3 is 24.9 Å². The molecule has 5 heteroatoms. The first-order valence-corrected chi connectivity index (χ1v) is 8.04. The second-order valence-corrected chi connectivity index (χ2v) is 6.21. The summed E-state index contributed by atoms with van der Waals surface area (Å²) >= 11 is 0. The van der Waals surface area contributed by atoms with Gasteiger partial charge >= 0.3 is 0 Å². The molecule has 0 atom stereocenters. The van der Waals surface area contributed by atoms with Gasteiger partial charge in [0.05, 0.1) is 0 Å². The highest BCUT2D eigenvalue weighted by molar-refractivity contribution is 4.68. The van der Waals surface area contributed by atoms with Crippen LogP contribution in [0.15, 0.2) is 0 Å². The highest BCUT2D eigenvalue weighted by Gasteiger charge is 2.11. The summed E-state index contributed by atoms with van der Waals surface area (Å²) in [6.45, 7) is 11.8. The zero-order valence-corrected chi connectivity index (χ0v) is 14.1. The van der Waals surface area contributed by atoms with Crippen LogP contribution in [0.4, 0.5) is 0 Å². The third kappa shape index (κ3) is 8.17. The Labute approximate surface area is 125 Å². The second kappa shape index (κ2) is 10.5. The van der Waals surface area contributed by atoms with Gasteiger partial charge in [-0.3, -0.25) is 0 Å². The van der Waals surface area contributed by atoms with E-state index >= 15 is 0 Å². The van der Waals surface area contributed by atoms with Crippen molar-refractivity contribution in [2.24, 2.45) is 0 Å². The van der Waals surface area contributed by atoms with Gasteiger partial charge in [0.25, 0.3) is 0 Å². The molecular weight excluding hydrogens is 250 g/mol. The summed E-state index contributed by atoms with van der Waals surface area (Å²) in [7, 11) is 8.76. The van der Waals surface area contributed by atoms with Gasteiger partial charge in [0, 0.05) is 52.4 Å². The van der Waals surface area contributed by atoms with Crippen molar-refractivity contribution in [2.45, 2.75) is 6.42 Å². The van der Waals surface area contributed by atoms with Crippen molar-refractivity contribution in [1.82, 2.24) is 24.9 Å². The highest BCUT2D eigenvalue weighted by atomic mass is 15.2. The minimum absolute atomic E-state index is 1.12. The summed E-state index contributed by atoms with van der Waals surface area (Å²) in [5.74, 6) is 0. The Bertz CT molecular complexity index is 218. The fraction of sp³-hybridized carbons (Fsp3) is 1.00. The minimum atomic E-state index is 1.12. The fourth-order valence-corrected chi connectivity index (χ4v) is 2.46. The summed E-state index contributed by atoms with van der Waals surface area (Å²) in [6.07, 6.45) is 1.24. The Hall–Kier alpha value is -0.200. The predicted octanol–water partition coefficient (Wildman–Crippen LogP) is -0.293. The van der Waals surface area contributed by atoms with Gasteiger partial charge in [-0.2, -0.15) is 0 Å². The van der Waals surface area contributed by atoms with E-state index in [-0.39, 0.29) is 0 Å². The normalized spacial score (nSPS) is 23.4. The third-order valence-corrected chi connectivity index (χ3v) is 4.22. The summed E-state index contributed by atoms with van der Waals surface area (Å²) in [5.41, 5.74) is 0. The molecule has 1 aliphatic rings. The van der Waals surface area contributed by atoms with Gasteiger partial charge in [0.1, 0.15) is 0 Å². The molecule has 120 valence electrons. The largest absolute Gasteiger partial charge is 0.320 e. The fourth-order valence-electron chi connectivity index (χ4n) is 2.46. The molecule has 0 aromatic heterocycles. The molecule has 5 nitrogen and oxygen atoms in total. The molecule has 0 aromatic carbocycles. The Balaban J connectivity index is 2.42. The predicted molar refractivity (Wildman–Crippen MR) is 87.5 cm³/mol. The molecule has 20 heavy (non-hydrogen) atoms. The second-order valence-electron chi connectivity index (χ2n) is 6.21. The lowest BCUT2D eigenvalue weighted by Crippen LogP contribution is -2.43. The number of nitrogens with zero attached hydrogens (tertiary/aromatic N) is 4. The molecule has 0 spiro atoms. The quantitative estimate of drug-likeness (QED) is 0.716. The van der Waals surface area contributed by atoms with E-state index in [1.165, 1.54) is 65.3 Å². The first kappa shape index (κ1) is 17.9. The Morgan fingerprint density at radius 1 is 0.700 bits per heavy atom. The van der Waals surface area contributed by atoms with Crippen LogP contribution in [0.5, 0.6) is 0 Å². The van der Waals surface area contributed by atoms with E-state index in [0.29, 0.717) is 0 Å². The van der Waals surface area contributed by atoms with Crippen molar-refractivity contribution in [3.8, 4) is 0 Å². The Kier molecular flexibility index (Phi) is 9.39. The molecule has 0 aliphatic carbocycles. The van der Waals surface area contributed by atoms with Gasteiger partial charge in [-0.25, -0.2) is 0 Å². The van der Waals surface area contributed by atoms with Crippen molar-refractivity contribution in [3.63, 3.8) is 0 Å². The lowest BCUT2D eigenvalue weighted by molar-refractivity contribution is 0.165. The van der Waals surface area contributed by atoms with Crippen LogP contribution in [0.2, 0.25) is 0 Å². The Morgan fingerprint density at radius 3 is 1.50 bits per heavy atom. The van der Waals surface area contributed by atoms with Gasteiger partial charge in [-0.1, -0.05) is 0 Å². The van der Waals surface area contributed by atoms with Crippen LogP contribution in [-0.2, 0) is 0 Å². The number of nitrogens with one attached hydrogen (secondary N) is 1. The van der Waals surface area contributed by atoms with Crippen molar-refractivity contribution in [1.29, 1.82) is 0 Å². The molecule has 1 N–H and O–H groups in total. The molecule has 0 aromatic rings. The van der Waals surface area contributed by atoms with Crippen LogP contribution in [0.25, 0.3) is 0 Å². The van der Waals surface area contributed by atoms with Crippen LogP contribution in [-0.4, -0.2) is 113 Å². The van der Waals surface area contributed by atoms with Gasteiger partial charge in [0.15, 0.2) is 0 Å². The number of hydrogen-bond donors (Lipinski definition) is 1. The highest BCUT2D eigenvalue weighted by Crippen LogP contribution is 1.97. The lowest BCUT2D eigenvalue weighted by Gasteiger charge is -2.30. The van der Waals surface area contributed by atoms with E-state index in [1.54, 1.807) is 0 Å². The first-order valence-electron chi connectivity index (χ1n) is 8.04. The summed E-state index contributed by atoms with van der Waals surface area (Å²) < 4.78 is 0. The molecule has 0 unspecified atom stereocenters. The smallest absolute Gasteiger partial charge is 0.0110 e. The molecule has 0 amide bonds. The number of rotatable bonds is 4. The molecule has 1 rings (SSSR count). The molecular formula is C15H35N5. The zero-order valence-electron chi connectivity index (χ0n) is 14.1. The average molecular weight is 285 g/mol. The van der Waals surface area contributed by atoms with Crippen LogP contribution in [0.3, 0.4) is 0 Å². The van der Waals surface area contributed by atoms with Crippen LogP contribution < -0.4 is 5.32 Å². The maximum Gasteiger partial charge on any atom is 0.0110 e. The van der Waals surface area contributed by atoms with Crippen molar-refractivity contribution < 1.29 is 0 Å². The third-order valence-electron chi connectivity index (χ3n) is 4.22. The van der Waals surface area contributed by atoms with E-state index < -0.39 is 0 Å². The molecule has 0 bridgehead atoms. The van der Waals surface area contributed by atoms with Crippen LogP contribution in [0, 0.1) is 0 Å². The maximum atomic E-state index is 3.25. The molecule has 0 radical (unpaired) electrons. The van der Waals surface area contributed by atoms with Gasteiger partial charge in [-0.15, -0.1) is 0 Å². The molecule has 1 aliphatic heterocycles. The minimum Gasteiger partial charge on any atom is -0.320 e. The van der Waals surface area contributed by atoms with E-state index in [9.17, 15) is 0 Å². The lowest BCUT2D eigenvalue weighted by atomic mass is 10.3. The average Bonchev–Trinajstić information content (AvgIpc) is 2.44.